The third-order valence-corrected chi connectivity index (χ3v) is 2.99. The predicted molar refractivity (Wildman–Crippen MR) is 58.1 cm³/mol. The molecule has 0 aliphatic heterocycles. The predicted octanol–water partition coefficient (Wildman–Crippen LogP) is 0.927. The van der Waals surface area contributed by atoms with Crippen LogP contribution in [0.4, 0.5) is 0 Å². The van der Waals surface area contributed by atoms with Crippen molar-refractivity contribution in [3.8, 4) is 0 Å². The molecule has 0 bridgehead atoms. The lowest BCUT2D eigenvalue weighted by Crippen LogP contribution is -2.48. The van der Waals surface area contributed by atoms with Crippen molar-refractivity contribution in [3.05, 3.63) is 0 Å². The molecule has 0 heterocycles. The summed E-state index contributed by atoms with van der Waals surface area (Å²) in [5.74, 6) is -0.973. The number of aliphatic carboxylic acids is 1. The van der Waals surface area contributed by atoms with E-state index in [-0.39, 0.29) is 18.7 Å². The zero-order chi connectivity index (χ0) is 12.0. The summed E-state index contributed by atoms with van der Waals surface area (Å²) < 4.78 is 4.81. The summed E-state index contributed by atoms with van der Waals surface area (Å²) in [6.07, 6.45) is 3.80. The molecule has 92 valence electrons. The maximum absolute atomic E-state index is 11.6. The van der Waals surface area contributed by atoms with Gasteiger partial charge in [0, 0.05) is 13.5 Å². The van der Waals surface area contributed by atoms with Gasteiger partial charge in [0.2, 0.25) is 5.91 Å². The average Bonchev–Trinajstić information content (AvgIpc) is 2.62. The number of methoxy groups -OCH3 is 1. The largest absolute Gasteiger partial charge is 0.481 e. The zero-order valence-electron chi connectivity index (χ0n) is 9.62. The lowest BCUT2D eigenvalue weighted by atomic mass is 9.93. The van der Waals surface area contributed by atoms with Crippen LogP contribution >= 0.6 is 0 Å². The van der Waals surface area contributed by atoms with E-state index < -0.39 is 11.5 Å². The average molecular weight is 229 g/mol. The highest BCUT2D eigenvalue weighted by atomic mass is 16.5. The van der Waals surface area contributed by atoms with Crippen molar-refractivity contribution < 1.29 is 19.4 Å². The van der Waals surface area contributed by atoms with E-state index in [1.54, 1.807) is 0 Å². The number of ether oxygens (including phenoxy) is 1. The van der Waals surface area contributed by atoms with Gasteiger partial charge in [0.15, 0.2) is 0 Å². The number of nitrogens with one attached hydrogen (secondary N) is 1. The summed E-state index contributed by atoms with van der Waals surface area (Å²) in [6.45, 7) is 0.370. The Hall–Kier alpha value is -1.10. The summed E-state index contributed by atoms with van der Waals surface area (Å²) in [4.78, 5) is 22.3. The number of carbonyl (C=O) groups excluding carboxylic acids is 1. The molecule has 1 amide bonds. The number of amides is 1. The van der Waals surface area contributed by atoms with Gasteiger partial charge in [0.1, 0.15) is 0 Å². The molecule has 0 spiro atoms. The SMILES string of the molecule is COCCC(=O)NC1(CC(=O)O)CCCC1. The number of carbonyl (C=O) groups is 2. The van der Waals surface area contributed by atoms with Gasteiger partial charge >= 0.3 is 5.97 Å². The van der Waals surface area contributed by atoms with E-state index in [9.17, 15) is 9.59 Å². The second-order valence-electron chi connectivity index (χ2n) is 4.35. The first-order chi connectivity index (χ1) is 7.58. The van der Waals surface area contributed by atoms with E-state index in [4.69, 9.17) is 9.84 Å². The first-order valence-corrected chi connectivity index (χ1v) is 5.60. The minimum Gasteiger partial charge on any atom is -0.481 e. The standard InChI is InChI=1S/C11H19NO4/c1-16-7-4-9(13)12-11(8-10(14)15)5-2-3-6-11/h2-8H2,1H3,(H,12,13)(H,14,15). The number of carboxylic acids is 1. The number of hydrogen-bond donors (Lipinski definition) is 2. The van der Waals surface area contributed by atoms with Crippen molar-refractivity contribution in [1.82, 2.24) is 5.32 Å². The molecule has 0 aromatic rings. The van der Waals surface area contributed by atoms with Crippen molar-refractivity contribution >= 4 is 11.9 Å². The number of hydrogen-bond acceptors (Lipinski definition) is 3. The van der Waals surface area contributed by atoms with Crippen LogP contribution in [0.3, 0.4) is 0 Å². The highest BCUT2D eigenvalue weighted by molar-refractivity contribution is 5.78. The molecule has 0 saturated heterocycles. The molecule has 0 aromatic heterocycles. The Kier molecular flexibility index (Phi) is 4.73. The Balaban J connectivity index is 2.50. The fourth-order valence-corrected chi connectivity index (χ4v) is 2.24. The Bertz CT molecular complexity index is 259. The molecule has 5 nitrogen and oxygen atoms in total. The minimum atomic E-state index is -0.853. The normalized spacial score (nSPS) is 18.3. The fourth-order valence-electron chi connectivity index (χ4n) is 2.24. The third kappa shape index (κ3) is 3.81. The van der Waals surface area contributed by atoms with Crippen LogP contribution in [0.1, 0.15) is 38.5 Å². The lowest BCUT2D eigenvalue weighted by Gasteiger charge is -2.28. The van der Waals surface area contributed by atoms with E-state index in [1.807, 2.05) is 0 Å². The highest BCUT2D eigenvalue weighted by Crippen LogP contribution is 2.32. The summed E-state index contributed by atoms with van der Waals surface area (Å²) in [5, 5.41) is 11.7. The molecular formula is C11H19NO4. The Morgan fingerprint density at radius 2 is 2.00 bits per heavy atom. The van der Waals surface area contributed by atoms with Gasteiger partial charge in [-0.15, -0.1) is 0 Å². The molecule has 0 radical (unpaired) electrons. The Labute approximate surface area is 95.2 Å². The second kappa shape index (κ2) is 5.84. The molecule has 16 heavy (non-hydrogen) atoms. The molecule has 0 unspecified atom stereocenters. The van der Waals surface area contributed by atoms with Gasteiger partial charge in [-0.25, -0.2) is 0 Å². The van der Waals surface area contributed by atoms with Gasteiger partial charge in [-0.05, 0) is 12.8 Å². The monoisotopic (exact) mass is 229 g/mol. The van der Waals surface area contributed by atoms with Crippen LogP contribution in [0.2, 0.25) is 0 Å². The van der Waals surface area contributed by atoms with Crippen molar-refractivity contribution in [3.63, 3.8) is 0 Å². The van der Waals surface area contributed by atoms with E-state index in [0.717, 1.165) is 25.7 Å². The van der Waals surface area contributed by atoms with Gasteiger partial charge in [-0.2, -0.15) is 0 Å². The summed E-state index contributed by atoms with van der Waals surface area (Å²) >= 11 is 0. The van der Waals surface area contributed by atoms with Crippen molar-refractivity contribution in [2.45, 2.75) is 44.1 Å². The molecule has 0 aromatic carbocycles. The smallest absolute Gasteiger partial charge is 0.305 e. The summed E-state index contributed by atoms with van der Waals surface area (Å²) in [6, 6.07) is 0. The van der Waals surface area contributed by atoms with Crippen molar-refractivity contribution in [2.24, 2.45) is 0 Å². The zero-order valence-corrected chi connectivity index (χ0v) is 9.62. The topological polar surface area (TPSA) is 75.6 Å². The van der Waals surface area contributed by atoms with Crippen molar-refractivity contribution in [1.29, 1.82) is 0 Å². The molecule has 1 aliphatic carbocycles. The molecule has 5 heteroatoms. The van der Waals surface area contributed by atoms with Gasteiger partial charge in [-0.1, -0.05) is 12.8 Å². The quantitative estimate of drug-likeness (QED) is 0.710. The Morgan fingerprint density at radius 3 is 2.50 bits per heavy atom. The number of rotatable bonds is 6. The van der Waals surface area contributed by atoms with E-state index in [0.29, 0.717) is 6.61 Å². The maximum Gasteiger partial charge on any atom is 0.305 e. The molecule has 1 fully saturated rings. The van der Waals surface area contributed by atoms with Crippen LogP contribution in [0.5, 0.6) is 0 Å². The molecule has 1 saturated carbocycles. The van der Waals surface area contributed by atoms with Crippen LogP contribution in [0.25, 0.3) is 0 Å². The highest BCUT2D eigenvalue weighted by Gasteiger charge is 2.37. The van der Waals surface area contributed by atoms with Crippen LogP contribution in [-0.4, -0.2) is 36.2 Å². The van der Waals surface area contributed by atoms with Gasteiger partial charge in [-0.3, -0.25) is 9.59 Å². The van der Waals surface area contributed by atoms with Gasteiger partial charge in [0.25, 0.3) is 0 Å². The first kappa shape index (κ1) is 13.0. The first-order valence-electron chi connectivity index (χ1n) is 5.60. The molecule has 1 aliphatic rings. The fraction of sp³-hybridized carbons (Fsp3) is 0.818. The van der Waals surface area contributed by atoms with Crippen LogP contribution in [-0.2, 0) is 14.3 Å². The van der Waals surface area contributed by atoms with Crippen LogP contribution in [0.15, 0.2) is 0 Å². The van der Waals surface area contributed by atoms with Crippen LogP contribution < -0.4 is 5.32 Å². The maximum atomic E-state index is 11.6. The molecule has 2 N–H and O–H groups in total. The molecule has 1 rings (SSSR count). The second-order valence-corrected chi connectivity index (χ2v) is 4.35. The van der Waals surface area contributed by atoms with Gasteiger partial charge in [0.05, 0.1) is 18.6 Å². The third-order valence-electron chi connectivity index (χ3n) is 2.99. The Morgan fingerprint density at radius 1 is 1.38 bits per heavy atom. The summed E-state index contributed by atoms with van der Waals surface area (Å²) in [5.41, 5.74) is -0.517. The summed E-state index contributed by atoms with van der Waals surface area (Å²) in [7, 11) is 1.54. The van der Waals surface area contributed by atoms with E-state index in [1.165, 1.54) is 7.11 Å². The van der Waals surface area contributed by atoms with Crippen molar-refractivity contribution in [2.75, 3.05) is 13.7 Å². The van der Waals surface area contributed by atoms with Gasteiger partial charge < -0.3 is 15.2 Å². The molecule has 0 atom stereocenters. The van der Waals surface area contributed by atoms with Crippen LogP contribution in [0, 0.1) is 0 Å². The number of carboxylic acid groups (broad SMARTS) is 1. The van der Waals surface area contributed by atoms with E-state index in [2.05, 4.69) is 5.32 Å². The lowest BCUT2D eigenvalue weighted by molar-refractivity contribution is -0.139. The van der Waals surface area contributed by atoms with E-state index >= 15 is 0 Å². The molecular weight excluding hydrogens is 210 g/mol. The minimum absolute atomic E-state index is 0.0196.